The number of nitrogens with zero attached hydrogens (tertiary/aromatic N) is 1. The highest BCUT2D eigenvalue weighted by atomic mass is 16.1. The van der Waals surface area contributed by atoms with Crippen LogP contribution >= 0.6 is 0 Å². The minimum absolute atomic E-state index is 0.0157. The lowest BCUT2D eigenvalue weighted by Crippen LogP contribution is -2.33. The zero-order chi connectivity index (χ0) is 7.98. The number of nitrogens with one attached hydrogen (secondary N) is 1. The van der Waals surface area contributed by atoms with E-state index in [1.807, 2.05) is 6.07 Å². The van der Waals surface area contributed by atoms with Crippen molar-refractivity contribution in [3.63, 3.8) is 0 Å². The van der Waals surface area contributed by atoms with Crippen molar-refractivity contribution >= 4 is 5.91 Å². The molecule has 0 radical (unpaired) electrons. The molecule has 56 valence electrons. The Morgan fingerprint density at radius 2 is 2.50 bits per heavy atom. The Morgan fingerprint density at radius 1 is 1.90 bits per heavy atom. The fourth-order valence-electron chi connectivity index (χ4n) is 0.385. The van der Waals surface area contributed by atoms with Gasteiger partial charge < -0.3 is 11.1 Å². The minimum atomic E-state index is -0.220. The van der Waals surface area contributed by atoms with Gasteiger partial charge in [0.05, 0.1) is 18.5 Å². The van der Waals surface area contributed by atoms with Crippen molar-refractivity contribution in [1.29, 1.82) is 5.26 Å². The third kappa shape index (κ3) is 3.87. The maximum absolute atomic E-state index is 10.5. The standard InChI is InChI=1S/C6H11N3O/c1-5(2-7)4-9-6(10)3-8/h5H,3-4,8H2,1H3,(H,9,10). The Balaban J connectivity index is 3.37. The van der Waals surface area contributed by atoms with Crippen LogP contribution in [0.2, 0.25) is 0 Å². The molecule has 4 nitrogen and oxygen atoms in total. The quantitative estimate of drug-likeness (QED) is 0.541. The summed E-state index contributed by atoms with van der Waals surface area (Å²) in [5.74, 6) is -0.363. The topological polar surface area (TPSA) is 78.9 Å². The van der Waals surface area contributed by atoms with E-state index < -0.39 is 0 Å². The first-order valence-electron chi connectivity index (χ1n) is 3.07. The molecule has 1 unspecified atom stereocenters. The molecule has 10 heavy (non-hydrogen) atoms. The van der Waals surface area contributed by atoms with Crippen LogP contribution in [0.3, 0.4) is 0 Å². The van der Waals surface area contributed by atoms with E-state index in [-0.39, 0.29) is 18.4 Å². The lowest BCUT2D eigenvalue weighted by atomic mass is 10.2. The second kappa shape index (κ2) is 4.77. The van der Waals surface area contributed by atoms with Gasteiger partial charge in [-0.15, -0.1) is 0 Å². The summed E-state index contributed by atoms with van der Waals surface area (Å²) in [6.45, 7) is 2.10. The number of amides is 1. The first-order valence-corrected chi connectivity index (χ1v) is 3.07. The van der Waals surface area contributed by atoms with Crippen LogP contribution in [0.4, 0.5) is 0 Å². The van der Waals surface area contributed by atoms with Crippen molar-refractivity contribution in [2.75, 3.05) is 13.1 Å². The lowest BCUT2D eigenvalue weighted by Gasteiger charge is -2.02. The summed E-state index contributed by atoms with van der Waals surface area (Å²) in [7, 11) is 0. The van der Waals surface area contributed by atoms with Gasteiger partial charge in [-0.3, -0.25) is 4.79 Å². The molecule has 0 spiro atoms. The van der Waals surface area contributed by atoms with Crippen LogP contribution < -0.4 is 11.1 Å². The van der Waals surface area contributed by atoms with E-state index in [4.69, 9.17) is 11.0 Å². The predicted octanol–water partition coefficient (Wildman–Crippen LogP) is -0.779. The van der Waals surface area contributed by atoms with Crippen LogP contribution in [0.1, 0.15) is 6.92 Å². The molecule has 0 rings (SSSR count). The zero-order valence-electron chi connectivity index (χ0n) is 5.92. The number of hydrogen-bond donors (Lipinski definition) is 2. The van der Waals surface area contributed by atoms with Crippen molar-refractivity contribution in [3.05, 3.63) is 0 Å². The first kappa shape index (κ1) is 8.92. The van der Waals surface area contributed by atoms with Crippen LogP contribution in [0, 0.1) is 17.2 Å². The fourth-order valence-corrected chi connectivity index (χ4v) is 0.385. The summed E-state index contributed by atoms with van der Waals surface area (Å²) in [6.07, 6.45) is 0. The Bertz CT molecular complexity index is 150. The third-order valence-corrected chi connectivity index (χ3v) is 1.01. The summed E-state index contributed by atoms with van der Waals surface area (Å²) in [4.78, 5) is 10.5. The maximum atomic E-state index is 10.5. The molecule has 1 amide bonds. The molecular formula is C6H11N3O. The molecular weight excluding hydrogens is 130 g/mol. The van der Waals surface area contributed by atoms with E-state index in [0.29, 0.717) is 6.54 Å². The summed E-state index contributed by atoms with van der Waals surface area (Å²) in [6, 6.07) is 1.99. The third-order valence-electron chi connectivity index (χ3n) is 1.01. The molecule has 0 aromatic rings. The zero-order valence-corrected chi connectivity index (χ0v) is 5.92. The summed E-state index contributed by atoms with van der Waals surface area (Å²) >= 11 is 0. The van der Waals surface area contributed by atoms with Gasteiger partial charge in [0, 0.05) is 6.54 Å². The van der Waals surface area contributed by atoms with Gasteiger partial charge in [0.2, 0.25) is 5.91 Å². The fraction of sp³-hybridized carbons (Fsp3) is 0.667. The van der Waals surface area contributed by atoms with Gasteiger partial charge >= 0.3 is 0 Å². The van der Waals surface area contributed by atoms with Crippen LogP contribution in [-0.2, 0) is 4.79 Å². The van der Waals surface area contributed by atoms with E-state index in [9.17, 15) is 4.79 Å². The molecule has 0 aliphatic heterocycles. The summed E-state index contributed by atoms with van der Waals surface area (Å²) < 4.78 is 0. The number of nitrogens with two attached hydrogens (primary N) is 1. The van der Waals surface area contributed by atoms with E-state index in [1.54, 1.807) is 6.92 Å². The minimum Gasteiger partial charge on any atom is -0.354 e. The lowest BCUT2D eigenvalue weighted by molar-refractivity contribution is -0.119. The number of nitriles is 1. The van der Waals surface area contributed by atoms with Crippen LogP contribution in [0.5, 0.6) is 0 Å². The monoisotopic (exact) mass is 141 g/mol. The smallest absolute Gasteiger partial charge is 0.233 e. The molecule has 0 aliphatic carbocycles. The van der Waals surface area contributed by atoms with Crippen molar-refractivity contribution in [1.82, 2.24) is 5.32 Å². The van der Waals surface area contributed by atoms with E-state index in [2.05, 4.69) is 5.32 Å². The van der Waals surface area contributed by atoms with Gasteiger partial charge in [-0.2, -0.15) is 5.26 Å². The summed E-state index contributed by atoms with van der Waals surface area (Å²) in [5.41, 5.74) is 5.00. The Morgan fingerprint density at radius 3 is 2.90 bits per heavy atom. The molecule has 0 heterocycles. The van der Waals surface area contributed by atoms with E-state index in [1.165, 1.54) is 0 Å². The second-order valence-electron chi connectivity index (χ2n) is 2.04. The molecule has 1 atom stereocenters. The summed E-state index contributed by atoms with van der Waals surface area (Å²) in [5, 5.41) is 10.8. The van der Waals surface area contributed by atoms with Gasteiger partial charge in [-0.25, -0.2) is 0 Å². The van der Waals surface area contributed by atoms with Crippen LogP contribution in [0.15, 0.2) is 0 Å². The maximum Gasteiger partial charge on any atom is 0.233 e. The highest BCUT2D eigenvalue weighted by Crippen LogP contribution is 1.86. The molecule has 0 bridgehead atoms. The van der Waals surface area contributed by atoms with Crippen molar-refractivity contribution in [2.45, 2.75) is 6.92 Å². The normalized spacial score (nSPS) is 11.7. The highest BCUT2D eigenvalue weighted by molar-refractivity contribution is 5.77. The van der Waals surface area contributed by atoms with Crippen LogP contribution in [0.25, 0.3) is 0 Å². The van der Waals surface area contributed by atoms with Gasteiger partial charge in [0.15, 0.2) is 0 Å². The van der Waals surface area contributed by atoms with Gasteiger partial charge in [0.25, 0.3) is 0 Å². The van der Waals surface area contributed by atoms with Crippen molar-refractivity contribution in [3.8, 4) is 6.07 Å². The largest absolute Gasteiger partial charge is 0.354 e. The van der Waals surface area contributed by atoms with Gasteiger partial charge in [-0.1, -0.05) is 0 Å². The molecule has 0 fully saturated rings. The number of carbonyl (C=O) groups excluding carboxylic acids is 1. The van der Waals surface area contributed by atoms with Gasteiger partial charge in [-0.05, 0) is 6.92 Å². The van der Waals surface area contributed by atoms with Gasteiger partial charge in [0.1, 0.15) is 0 Å². The number of carbonyl (C=O) groups is 1. The average molecular weight is 141 g/mol. The molecule has 0 aliphatic rings. The van der Waals surface area contributed by atoms with E-state index in [0.717, 1.165) is 0 Å². The number of rotatable bonds is 3. The average Bonchev–Trinajstić information content (AvgIpc) is 1.99. The first-order chi connectivity index (χ1) is 4.70. The Labute approximate surface area is 60.0 Å². The molecule has 0 aromatic heterocycles. The molecule has 0 aromatic carbocycles. The Kier molecular flexibility index (Phi) is 4.25. The van der Waals surface area contributed by atoms with Crippen LogP contribution in [-0.4, -0.2) is 19.0 Å². The second-order valence-corrected chi connectivity index (χ2v) is 2.04. The molecule has 4 heteroatoms. The molecule has 0 saturated heterocycles. The molecule has 0 saturated carbocycles. The van der Waals surface area contributed by atoms with E-state index >= 15 is 0 Å². The predicted molar refractivity (Wildman–Crippen MR) is 36.8 cm³/mol. The Hall–Kier alpha value is -1.08. The SMILES string of the molecule is CC(C#N)CNC(=O)CN. The number of hydrogen-bond acceptors (Lipinski definition) is 3. The van der Waals surface area contributed by atoms with Crippen molar-refractivity contribution in [2.24, 2.45) is 11.7 Å². The highest BCUT2D eigenvalue weighted by Gasteiger charge is 2.00. The van der Waals surface area contributed by atoms with Crippen molar-refractivity contribution < 1.29 is 4.79 Å². The molecule has 3 N–H and O–H groups in total.